The SMILES string of the molecule is CCCCOCC1(OCCOCCO)COCCOCCOCCOCCOC1. The first kappa shape index (κ1) is 26.7. The van der Waals surface area contributed by atoms with Crippen LogP contribution in [0.5, 0.6) is 0 Å². The van der Waals surface area contributed by atoms with E-state index in [2.05, 4.69) is 6.92 Å². The van der Waals surface area contributed by atoms with E-state index in [-0.39, 0.29) is 13.2 Å². The highest BCUT2D eigenvalue weighted by Gasteiger charge is 2.33. The molecule has 1 fully saturated rings. The first-order valence-corrected chi connectivity index (χ1v) is 10.6. The van der Waals surface area contributed by atoms with E-state index in [1.54, 1.807) is 0 Å². The lowest BCUT2D eigenvalue weighted by Gasteiger charge is -2.33. The van der Waals surface area contributed by atoms with Gasteiger partial charge in [0, 0.05) is 6.61 Å². The molecule has 0 aromatic rings. The Labute approximate surface area is 174 Å². The molecule has 0 atom stereocenters. The van der Waals surface area contributed by atoms with Gasteiger partial charge in [-0.25, -0.2) is 0 Å². The molecule has 9 nitrogen and oxygen atoms in total. The van der Waals surface area contributed by atoms with E-state index >= 15 is 0 Å². The second-order valence-corrected chi connectivity index (χ2v) is 6.72. The zero-order valence-electron chi connectivity index (χ0n) is 17.9. The van der Waals surface area contributed by atoms with E-state index in [1.807, 2.05) is 0 Å². The molecule has 1 saturated heterocycles. The maximum absolute atomic E-state index is 8.83. The van der Waals surface area contributed by atoms with Gasteiger partial charge < -0.3 is 43.0 Å². The van der Waals surface area contributed by atoms with E-state index < -0.39 is 5.60 Å². The Morgan fingerprint density at radius 2 is 1.24 bits per heavy atom. The summed E-state index contributed by atoms with van der Waals surface area (Å²) in [5.74, 6) is 0. The van der Waals surface area contributed by atoms with Gasteiger partial charge in [0.05, 0.1) is 99.1 Å². The topological polar surface area (TPSA) is 94.1 Å². The van der Waals surface area contributed by atoms with Crippen LogP contribution in [0.25, 0.3) is 0 Å². The van der Waals surface area contributed by atoms with Crippen LogP contribution in [0, 0.1) is 0 Å². The van der Waals surface area contributed by atoms with Gasteiger partial charge in [-0.15, -0.1) is 0 Å². The van der Waals surface area contributed by atoms with Crippen LogP contribution in [-0.4, -0.2) is 116 Å². The highest BCUT2D eigenvalue weighted by molar-refractivity contribution is 4.81. The fourth-order valence-corrected chi connectivity index (χ4v) is 2.53. The summed E-state index contributed by atoms with van der Waals surface area (Å²) in [5, 5.41) is 8.83. The number of hydrogen-bond donors (Lipinski definition) is 1. The maximum atomic E-state index is 8.83. The average Bonchev–Trinajstić information content (AvgIpc) is 2.73. The third-order valence-corrected chi connectivity index (χ3v) is 4.10. The molecule has 1 aliphatic heterocycles. The number of rotatable bonds is 11. The molecule has 0 unspecified atom stereocenters. The molecule has 174 valence electrons. The molecule has 29 heavy (non-hydrogen) atoms. The Morgan fingerprint density at radius 3 is 1.76 bits per heavy atom. The van der Waals surface area contributed by atoms with Crippen LogP contribution in [0.3, 0.4) is 0 Å². The summed E-state index contributed by atoms with van der Waals surface area (Å²) in [6, 6.07) is 0. The third-order valence-electron chi connectivity index (χ3n) is 4.10. The van der Waals surface area contributed by atoms with Gasteiger partial charge in [-0.05, 0) is 6.42 Å². The van der Waals surface area contributed by atoms with Crippen molar-refractivity contribution in [3.05, 3.63) is 0 Å². The molecule has 0 amide bonds. The molecular weight excluding hydrogens is 384 g/mol. The summed E-state index contributed by atoms with van der Waals surface area (Å²) < 4.78 is 45.3. The molecule has 0 aromatic carbocycles. The quantitative estimate of drug-likeness (QED) is 0.480. The summed E-state index contributed by atoms with van der Waals surface area (Å²) in [6.45, 7) is 8.77. The van der Waals surface area contributed by atoms with Crippen molar-refractivity contribution in [1.29, 1.82) is 0 Å². The molecule has 9 heteroatoms. The van der Waals surface area contributed by atoms with Crippen LogP contribution in [0.2, 0.25) is 0 Å². The highest BCUT2D eigenvalue weighted by Crippen LogP contribution is 2.15. The number of unbranched alkanes of at least 4 members (excludes halogenated alkanes) is 1. The molecule has 1 aliphatic rings. The lowest BCUT2D eigenvalue weighted by molar-refractivity contribution is -0.177. The van der Waals surface area contributed by atoms with Crippen molar-refractivity contribution in [3.63, 3.8) is 0 Å². The fraction of sp³-hybridized carbons (Fsp3) is 1.00. The second-order valence-electron chi connectivity index (χ2n) is 6.72. The second kappa shape index (κ2) is 19.6. The van der Waals surface area contributed by atoms with Gasteiger partial charge in [-0.1, -0.05) is 13.3 Å². The summed E-state index contributed by atoms with van der Waals surface area (Å²) in [5.41, 5.74) is -0.740. The molecule has 1 heterocycles. The highest BCUT2D eigenvalue weighted by atomic mass is 16.6. The smallest absolute Gasteiger partial charge is 0.138 e. The normalized spacial score (nSPS) is 20.5. The zero-order chi connectivity index (χ0) is 20.9. The predicted octanol–water partition coefficient (Wildman–Crippen LogP) is 0.664. The van der Waals surface area contributed by atoms with Gasteiger partial charge in [0.2, 0.25) is 0 Å². The molecule has 0 spiro atoms. The first-order chi connectivity index (χ1) is 14.3. The van der Waals surface area contributed by atoms with Gasteiger partial charge >= 0.3 is 0 Å². The van der Waals surface area contributed by atoms with Crippen LogP contribution < -0.4 is 0 Å². The summed E-state index contributed by atoms with van der Waals surface area (Å²) >= 11 is 0. The third kappa shape index (κ3) is 15.1. The molecule has 0 aliphatic carbocycles. The first-order valence-electron chi connectivity index (χ1n) is 10.6. The Bertz CT molecular complexity index is 328. The van der Waals surface area contributed by atoms with Crippen molar-refractivity contribution in [1.82, 2.24) is 0 Å². The summed E-state index contributed by atoms with van der Waals surface area (Å²) in [7, 11) is 0. The van der Waals surface area contributed by atoms with Gasteiger partial charge in [-0.2, -0.15) is 0 Å². The van der Waals surface area contributed by atoms with Crippen LogP contribution >= 0.6 is 0 Å². The van der Waals surface area contributed by atoms with Crippen molar-refractivity contribution in [2.24, 2.45) is 0 Å². The van der Waals surface area contributed by atoms with E-state index in [0.717, 1.165) is 12.8 Å². The van der Waals surface area contributed by atoms with Crippen molar-refractivity contribution in [2.45, 2.75) is 25.4 Å². The monoisotopic (exact) mass is 424 g/mol. The van der Waals surface area contributed by atoms with Gasteiger partial charge in [0.15, 0.2) is 0 Å². The van der Waals surface area contributed by atoms with E-state index in [4.69, 9.17) is 43.0 Å². The Balaban J connectivity index is 2.59. The number of aliphatic hydroxyl groups excluding tert-OH is 1. The maximum Gasteiger partial charge on any atom is 0.138 e. The van der Waals surface area contributed by atoms with Crippen LogP contribution in [0.1, 0.15) is 19.8 Å². The largest absolute Gasteiger partial charge is 0.394 e. The fourth-order valence-electron chi connectivity index (χ4n) is 2.53. The van der Waals surface area contributed by atoms with Crippen molar-refractivity contribution < 1.29 is 43.0 Å². The Morgan fingerprint density at radius 1 is 0.690 bits per heavy atom. The van der Waals surface area contributed by atoms with Crippen molar-refractivity contribution in [3.8, 4) is 0 Å². The molecule has 0 saturated carbocycles. The van der Waals surface area contributed by atoms with Gasteiger partial charge in [-0.3, -0.25) is 0 Å². The zero-order valence-corrected chi connectivity index (χ0v) is 17.9. The minimum Gasteiger partial charge on any atom is -0.394 e. The standard InChI is InChI=1S/C20H40O9/c1-2-3-5-26-17-20(29-16-15-22-6-4-21)18-27-13-11-24-9-7-23-8-10-25-12-14-28-19-20/h21H,2-19H2,1H3. The lowest BCUT2D eigenvalue weighted by Crippen LogP contribution is -2.48. The Hall–Kier alpha value is -0.360. The Kier molecular flexibility index (Phi) is 18.0. The molecule has 0 aromatic heterocycles. The molecular formula is C20H40O9. The van der Waals surface area contributed by atoms with Crippen LogP contribution in [0.15, 0.2) is 0 Å². The van der Waals surface area contributed by atoms with E-state index in [9.17, 15) is 0 Å². The van der Waals surface area contributed by atoms with Crippen molar-refractivity contribution in [2.75, 3.05) is 106 Å². The lowest BCUT2D eigenvalue weighted by atomic mass is 10.1. The number of ether oxygens (including phenoxy) is 8. The molecule has 1 rings (SSSR count). The predicted molar refractivity (Wildman–Crippen MR) is 106 cm³/mol. The number of hydrogen-bond acceptors (Lipinski definition) is 9. The van der Waals surface area contributed by atoms with Crippen molar-refractivity contribution >= 4 is 0 Å². The van der Waals surface area contributed by atoms with Crippen LogP contribution in [0.4, 0.5) is 0 Å². The summed E-state index contributed by atoms with van der Waals surface area (Å²) in [6.07, 6.45) is 2.05. The number of aliphatic hydroxyl groups is 1. The molecule has 1 N–H and O–H groups in total. The summed E-state index contributed by atoms with van der Waals surface area (Å²) in [4.78, 5) is 0. The minimum atomic E-state index is -0.740. The minimum absolute atomic E-state index is 0.0114. The van der Waals surface area contributed by atoms with Crippen LogP contribution in [-0.2, 0) is 37.9 Å². The average molecular weight is 425 g/mol. The van der Waals surface area contributed by atoms with E-state index in [1.165, 1.54) is 0 Å². The van der Waals surface area contributed by atoms with Gasteiger partial charge in [0.1, 0.15) is 5.60 Å². The molecule has 0 bridgehead atoms. The molecule has 0 radical (unpaired) electrons. The van der Waals surface area contributed by atoms with Gasteiger partial charge in [0.25, 0.3) is 0 Å². The van der Waals surface area contributed by atoms with E-state index in [0.29, 0.717) is 92.5 Å².